The van der Waals surface area contributed by atoms with E-state index in [-0.39, 0.29) is 18.2 Å². The van der Waals surface area contributed by atoms with Crippen LogP contribution in [0.4, 0.5) is 13.2 Å². The third-order valence-electron chi connectivity index (χ3n) is 5.55. The second kappa shape index (κ2) is 21.2. The molecule has 0 aliphatic carbocycles. The van der Waals surface area contributed by atoms with Gasteiger partial charge in [-0.2, -0.15) is 13.2 Å². The first kappa shape index (κ1) is 38.5. The van der Waals surface area contributed by atoms with E-state index in [9.17, 15) is 27.6 Å². The zero-order valence-electron chi connectivity index (χ0n) is 23.9. The van der Waals surface area contributed by atoms with Crippen LogP contribution in [0.15, 0.2) is 48.5 Å². The lowest BCUT2D eigenvalue weighted by molar-refractivity contribution is -0.137. The molecule has 0 aromatic heterocycles. The summed E-state index contributed by atoms with van der Waals surface area (Å²) in [5.74, 6) is -0.292. The smallest absolute Gasteiger partial charge is 0.423 e. The topological polar surface area (TPSA) is 197 Å². The Bertz CT molecular complexity index is 1040. The molecule has 2 aromatic rings. The van der Waals surface area contributed by atoms with Crippen LogP contribution >= 0.6 is 0 Å². The Morgan fingerprint density at radius 1 is 1.02 bits per heavy atom. The first-order chi connectivity index (χ1) is 19.8. The molecule has 0 radical (unpaired) electrons. The largest absolute Gasteiger partial charge is 0.488 e. The number of hydrogen-bond donors (Lipinski definition) is 7. The highest BCUT2D eigenvalue weighted by atomic mass is 19.4. The lowest BCUT2D eigenvalue weighted by Crippen LogP contribution is -2.43. The average molecular weight is 598 g/mol. The molecule has 0 spiro atoms. The van der Waals surface area contributed by atoms with Gasteiger partial charge in [0.1, 0.15) is 0 Å². The van der Waals surface area contributed by atoms with E-state index in [1.807, 2.05) is 6.92 Å². The summed E-state index contributed by atoms with van der Waals surface area (Å²) in [5.41, 5.74) is 18.1. The van der Waals surface area contributed by atoms with E-state index in [1.54, 1.807) is 36.1 Å². The molecule has 1 unspecified atom stereocenters. The van der Waals surface area contributed by atoms with Crippen LogP contribution < -0.4 is 33.3 Å². The molecule has 0 saturated carbocycles. The Hall–Kier alpha value is -3.50. The number of carbonyl (C=O) groups is 3. The number of aryl methyl sites for hydroxylation is 1. The summed E-state index contributed by atoms with van der Waals surface area (Å²) in [6, 6.07) is 11.1. The number of alkyl halides is 3. The molecular formula is C27H42BF3N6O5. The Morgan fingerprint density at radius 3 is 2.00 bits per heavy atom. The molecule has 0 fully saturated rings. The van der Waals surface area contributed by atoms with E-state index >= 15 is 0 Å². The fourth-order valence-electron chi connectivity index (χ4n) is 3.26. The van der Waals surface area contributed by atoms with Gasteiger partial charge in [-0.25, -0.2) is 0 Å². The van der Waals surface area contributed by atoms with Gasteiger partial charge in [0.25, 0.3) is 0 Å². The normalized spacial score (nSPS) is 11.1. The first-order valence-corrected chi connectivity index (χ1v) is 13.3. The van der Waals surface area contributed by atoms with Crippen LogP contribution in [0.2, 0.25) is 0 Å². The van der Waals surface area contributed by atoms with Crippen molar-refractivity contribution in [2.45, 2.75) is 45.5 Å². The molecular weight excluding hydrogens is 556 g/mol. The highest BCUT2D eigenvalue weighted by Crippen LogP contribution is 2.28. The van der Waals surface area contributed by atoms with Gasteiger partial charge >= 0.3 is 13.3 Å². The summed E-state index contributed by atoms with van der Waals surface area (Å²) < 4.78 is 35.8. The van der Waals surface area contributed by atoms with Gasteiger partial charge < -0.3 is 42.8 Å². The molecule has 234 valence electrons. The number of halogens is 3. The van der Waals surface area contributed by atoms with Crippen LogP contribution in [0, 0.1) is 6.92 Å². The van der Waals surface area contributed by atoms with Crippen molar-refractivity contribution in [2.75, 3.05) is 32.7 Å². The predicted octanol–water partition coefficient (Wildman–Crippen LogP) is -0.398. The number of carbonyl (C=O) groups excluding carboxylic acids is 3. The van der Waals surface area contributed by atoms with E-state index in [4.69, 9.17) is 27.2 Å². The number of nitrogens with one attached hydrogen (secondary N) is 2. The first-order valence-electron chi connectivity index (χ1n) is 13.3. The van der Waals surface area contributed by atoms with Crippen LogP contribution in [0.1, 0.15) is 36.5 Å². The van der Waals surface area contributed by atoms with Crippen LogP contribution in [-0.4, -0.2) is 79.1 Å². The van der Waals surface area contributed by atoms with Crippen molar-refractivity contribution in [2.24, 2.45) is 17.2 Å². The summed E-state index contributed by atoms with van der Waals surface area (Å²) in [5, 5.41) is 22.7. The third kappa shape index (κ3) is 16.7. The molecule has 2 aromatic carbocycles. The van der Waals surface area contributed by atoms with Crippen LogP contribution in [0.3, 0.4) is 0 Å². The molecule has 2 rings (SSSR count). The number of nitrogens with two attached hydrogens (primary N) is 3. The Morgan fingerprint density at radius 2 is 1.57 bits per heavy atom. The number of hydrogen-bond acceptors (Lipinski definition) is 8. The van der Waals surface area contributed by atoms with E-state index < -0.39 is 24.9 Å². The predicted molar refractivity (Wildman–Crippen MR) is 156 cm³/mol. The second-order valence-corrected chi connectivity index (χ2v) is 8.98. The van der Waals surface area contributed by atoms with Gasteiger partial charge in [-0.1, -0.05) is 42.0 Å². The van der Waals surface area contributed by atoms with Crippen molar-refractivity contribution in [3.05, 3.63) is 65.2 Å². The molecule has 11 nitrogen and oxygen atoms in total. The molecule has 0 aliphatic rings. The lowest BCUT2D eigenvalue weighted by atomic mass is 9.80. The number of benzene rings is 2. The molecule has 10 N–H and O–H groups in total. The van der Waals surface area contributed by atoms with Crippen LogP contribution in [0.25, 0.3) is 0 Å². The minimum absolute atomic E-state index is 0.0642. The summed E-state index contributed by atoms with van der Waals surface area (Å²) in [6.07, 6.45) is -3.03. The van der Waals surface area contributed by atoms with Crippen molar-refractivity contribution in [3.63, 3.8) is 0 Å². The van der Waals surface area contributed by atoms with Gasteiger partial charge in [0.05, 0.1) is 11.6 Å². The van der Waals surface area contributed by atoms with Gasteiger partial charge in [-0.3, -0.25) is 14.4 Å². The number of amides is 3. The highest BCUT2D eigenvalue weighted by Gasteiger charge is 2.29. The zero-order valence-corrected chi connectivity index (χ0v) is 23.9. The minimum Gasteiger partial charge on any atom is -0.423 e. The second-order valence-electron chi connectivity index (χ2n) is 8.98. The van der Waals surface area contributed by atoms with Crippen LogP contribution in [-0.2, 0) is 27.1 Å². The van der Waals surface area contributed by atoms with E-state index in [0.717, 1.165) is 23.3 Å². The lowest BCUT2D eigenvalue weighted by Gasteiger charge is -2.21. The minimum atomic E-state index is -4.21. The number of nitrogens with zero attached hydrogens (tertiary/aromatic N) is 1. The molecule has 0 bridgehead atoms. The third-order valence-corrected chi connectivity index (χ3v) is 5.55. The van der Waals surface area contributed by atoms with Crippen molar-refractivity contribution < 1.29 is 37.6 Å². The van der Waals surface area contributed by atoms with Crippen LogP contribution in [0.5, 0.6) is 0 Å². The van der Waals surface area contributed by atoms with E-state index in [2.05, 4.69) is 10.6 Å². The molecule has 15 heteroatoms. The summed E-state index contributed by atoms with van der Waals surface area (Å²) >= 11 is 0. The molecule has 0 aliphatic heterocycles. The quantitative estimate of drug-likeness (QED) is 0.119. The number of rotatable bonds is 13. The Balaban J connectivity index is 0.000000620. The van der Waals surface area contributed by atoms with Crippen molar-refractivity contribution in [1.82, 2.24) is 15.5 Å². The standard InChI is InChI=1S/C11H25N5O2.C8H10BNO3.C8H7F3/c1-2-15-11(18)9(14)3-4-10(17)16(7-5-12)8-6-13;11-6-10-5-7-1-3-8(4-2-7)9(12)13;1-6-2-4-7(5-3-6)8(9,10)11/h9H,2-8,12-14H2,1H3,(H,15,18);1-4,6,12-13H,5H2,(H,10,11);2-5H,1H3. The highest BCUT2D eigenvalue weighted by molar-refractivity contribution is 6.58. The van der Waals surface area contributed by atoms with Gasteiger partial charge in [-0.05, 0) is 43.4 Å². The number of likely N-dealkylation sites (N-methyl/N-ethyl adjacent to an activating group) is 1. The van der Waals surface area contributed by atoms with Gasteiger partial charge in [-0.15, -0.1) is 0 Å². The van der Waals surface area contributed by atoms with E-state index in [1.165, 1.54) is 12.1 Å². The Kier molecular flexibility index (Phi) is 19.5. The SMILES string of the molecule is CCNC(=O)C(N)CCC(=O)N(CCN)CCN.Cc1ccc(C(F)(F)F)cc1.O=CNCc1ccc(B(O)O)cc1. The Labute approximate surface area is 244 Å². The molecule has 0 saturated heterocycles. The molecule has 1 atom stereocenters. The fraction of sp³-hybridized carbons (Fsp3) is 0.444. The molecule has 3 amide bonds. The van der Waals surface area contributed by atoms with Crippen molar-refractivity contribution in [3.8, 4) is 0 Å². The maximum Gasteiger partial charge on any atom is 0.488 e. The van der Waals surface area contributed by atoms with Gasteiger partial charge in [0.15, 0.2) is 0 Å². The zero-order chi connectivity index (χ0) is 32.1. The van der Waals surface area contributed by atoms with E-state index in [0.29, 0.717) is 57.6 Å². The molecule has 42 heavy (non-hydrogen) atoms. The van der Waals surface area contributed by atoms with Crippen molar-refractivity contribution in [1.29, 1.82) is 0 Å². The summed E-state index contributed by atoms with van der Waals surface area (Å²) in [7, 11) is -1.44. The molecule has 0 heterocycles. The van der Waals surface area contributed by atoms with Gasteiger partial charge in [0.2, 0.25) is 18.2 Å². The maximum atomic E-state index is 11.9. The van der Waals surface area contributed by atoms with Crippen molar-refractivity contribution >= 4 is 30.8 Å². The monoisotopic (exact) mass is 598 g/mol. The average Bonchev–Trinajstić information content (AvgIpc) is 2.95. The maximum absolute atomic E-state index is 11.9. The fourth-order valence-corrected chi connectivity index (χ4v) is 3.26. The van der Waals surface area contributed by atoms with Gasteiger partial charge in [0, 0.05) is 45.7 Å². The summed E-state index contributed by atoms with van der Waals surface area (Å²) in [4.78, 5) is 34.8. The summed E-state index contributed by atoms with van der Waals surface area (Å²) in [6.45, 7) is 6.31.